The average molecular weight is 284 g/mol. The van der Waals surface area contributed by atoms with Crippen LogP contribution in [0, 0.1) is 18.3 Å². The van der Waals surface area contributed by atoms with E-state index in [0.29, 0.717) is 0 Å². The van der Waals surface area contributed by atoms with Gasteiger partial charge in [0, 0.05) is 10.7 Å². The molecule has 0 saturated heterocycles. The molecule has 1 aromatic carbocycles. The van der Waals surface area contributed by atoms with Crippen LogP contribution in [-0.2, 0) is 15.2 Å². The Labute approximate surface area is 99.8 Å². The summed E-state index contributed by atoms with van der Waals surface area (Å²) >= 11 is 0. The average Bonchev–Trinajstić information content (AvgIpc) is 2.13. The first-order valence-corrected chi connectivity index (χ1v) is 6.45. The van der Waals surface area contributed by atoms with E-state index in [4.69, 9.17) is 15.9 Å². The third-order valence-corrected chi connectivity index (χ3v) is 3.48. The van der Waals surface area contributed by atoms with Gasteiger partial charge in [0.2, 0.25) is 0 Å². The Morgan fingerprint density at radius 1 is 1.35 bits per heavy atom. The molecule has 0 spiro atoms. The minimum Gasteiger partial charge on any atom is -0.207 e. The third kappa shape index (κ3) is 2.70. The highest BCUT2D eigenvalue weighted by atomic mass is 35.7. The van der Waals surface area contributed by atoms with Gasteiger partial charge in [-0.15, -0.1) is 0 Å². The van der Waals surface area contributed by atoms with Gasteiger partial charge in [-0.1, -0.05) is 6.07 Å². The quantitative estimate of drug-likeness (QED) is 0.745. The van der Waals surface area contributed by atoms with Crippen LogP contribution in [-0.4, -0.2) is 8.42 Å². The molecule has 1 rings (SSSR count). The van der Waals surface area contributed by atoms with Crippen molar-refractivity contribution in [2.24, 2.45) is 0 Å². The van der Waals surface area contributed by atoms with Crippen LogP contribution in [0.1, 0.15) is 16.7 Å². The molecule has 0 aliphatic carbocycles. The van der Waals surface area contributed by atoms with E-state index in [1.807, 2.05) is 0 Å². The lowest BCUT2D eigenvalue weighted by Crippen LogP contribution is -2.14. The second kappa shape index (κ2) is 4.20. The predicted octanol–water partition coefficient (Wildman–Crippen LogP) is 2.81. The summed E-state index contributed by atoms with van der Waals surface area (Å²) < 4.78 is 60.5. The van der Waals surface area contributed by atoms with Gasteiger partial charge >= 0.3 is 6.18 Å². The summed E-state index contributed by atoms with van der Waals surface area (Å²) in [6.07, 6.45) is -4.96. The lowest BCUT2D eigenvalue weighted by atomic mass is 10.0. The van der Waals surface area contributed by atoms with Gasteiger partial charge in [0.1, 0.15) is 0 Å². The van der Waals surface area contributed by atoms with Crippen molar-refractivity contribution in [2.45, 2.75) is 18.0 Å². The molecule has 0 saturated carbocycles. The second-order valence-electron chi connectivity index (χ2n) is 3.18. The van der Waals surface area contributed by atoms with Crippen LogP contribution in [0.3, 0.4) is 0 Å². The summed E-state index contributed by atoms with van der Waals surface area (Å²) in [4.78, 5) is -1.06. The van der Waals surface area contributed by atoms with Gasteiger partial charge < -0.3 is 0 Å². The maximum atomic E-state index is 12.7. The SMILES string of the molecule is Cc1ccc(C#N)c(C(F)(F)F)c1S(=O)(=O)Cl. The number of hydrogen-bond donors (Lipinski definition) is 0. The van der Waals surface area contributed by atoms with E-state index >= 15 is 0 Å². The van der Waals surface area contributed by atoms with Crippen molar-refractivity contribution in [3.63, 3.8) is 0 Å². The molecule has 0 radical (unpaired) electrons. The number of hydrogen-bond acceptors (Lipinski definition) is 3. The number of aryl methyl sites for hydroxylation is 1. The number of nitriles is 1. The first-order valence-electron chi connectivity index (χ1n) is 4.14. The van der Waals surface area contributed by atoms with Gasteiger partial charge in [-0.3, -0.25) is 0 Å². The van der Waals surface area contributed by atoms with E-state index in [2.05, 4.69) is 0 Å². The molecular formula is C9H5ClF3NO2S. The fraction of sp³-hybridized carbons (Fsp3) is 0.222. The van der Waals surface area contributed by atoms with Crippen molar-refractivity contribution in [1.29, 1.82) is 5.26 Å². The first-order chi connectivity index (χ1) is 7.59. The standard InChI is InChI=1S/C9H5ClF3NO2S/c1-5-2-3-6(4-14)7(9(11,12)13)8(5)17(10,15)16/h2-3H,1H3. The predicted molar refractivity (Wildman–Crippen MR) is 53.9 cm³/mol. The van der Waals surface area contributed by atoms with Crippen molar-refractivity contribution in [3.8, 4) is 6.07 Å². The molecule has 1 aromatic rings. The summed E-state index contributed by atoms with van der Waals surface area (Å²) in [5.74, 6) is 0. The Morgan fingerprint density at radius 3 is 2.24 bits per heavy atom. The largest absolute Gasteiger partial charge is 0.419 e. The Bertz CT molecular complexity index is 602. The van der Waals surface area contributed by atoms with Crippen molar-refractivity contribution >= 4 is 19.7 Å². The Kier molecular flexibility index (Phi) is 3.41. The van der Waals surface area contributed by atoms with Crippen LogP contribution in [0.2, 0.25) is 0 Å². The summed E-state index contributed by atoms with van der Waals surface area (Å²) in [6, 6.07) is 3.31. The molecule has 0 aromatic heterocycles. The molecule has 0 bridgehead atoms. The monoisotopic (exact) mass is 283 g/mol. The maximum absolute atomic E-state index is 12.7. The zero-order valence-corrected chi connectivity index (χ0v) is 9.91. The number of halogens is 4. The fourth-order valence-corrected chi connectivity index (χ4v) is 2.89. The van der Waals surface area contributed by atoms with Gasteiger partial charge in [-0.25, -0.2) is 8.42 Å². The minimum atomic E-state index is -4.96. The van der Waals surface area contributed by atoms with Crippen molar-refractivity contribution in [3.05, 3.63) is 28.8 Å². The lowest BCUT2D eigenvalue weighted by Gasteiger charge is -2.14. The highest BCUT2D eigenvalue weighted by molar-refractivity contribution is 8.13. The molecule has 92 valence electrons. The lowest BCUT2D eigenvalue weighted by molar-refractivity contribution is -0.140. The molecule has 0 aliphatic rings. The van der Waals surface area contributed by atoms with Gasteiger partial charge in [-0.05, 0) is 18.6 Å². The Balaban J connectivity index is 3.88. The Morgan fingerprint density at radius 2 is 1.88 bits per heavy atom. The van der Waals surface area contributed by atoms with Crippen LogP contribution < -0.4 is 0 Å². The van der Waals surface area contributed by atoms with Crippen molar-refractivity contribution in [2.75, 3.05) is 0 Å². The minimum absolute atomic E-state index is 0.161. The smallest absolute Gasteiger partial charge is 0.207 e. The van der Waals surface area contributed by atoms with Crippen LogP contribution in [0.25, 0.3) is 0 Å². The van der Waals surface area contributed by atoms with E-state index in [1.54, 1.807) is 0 Å². The zero-order valence-electron chi connectivity index (χ0n) is 8.34. The van der Waals surface area contributed by atoms with Gasteiger partial charge in [0.25, 0.3) is 9.05 Å². The van der Waals surface area contributed by atoms with Crippen LogP contribution in [0.15, 0.2) is 17.0 Å². The number of benzene rings is 1. The Hall–Kier alpha value is -1.26. The fourth-order valence-electron chi connectivity index (χ4n) is 1.38. The molecular weight excluding hydrogens is 279 g/mol. The molecule has 0 unspecified atom stereocenters. The van der Waals surface area contributed by atoms with Gasteiger partial charge in [0.15, 0.2) is 0 Å². The third-order valence-electron chi connectivity index (χ3n) is 2.00. The number of nitrogens with zero attached hydrogens (tertiary/aromatic N) is 1. The summed E-state index contributed by atoms with van der Waals surface area (Å²) in [5.41, 5.74) is -2.45. The molecule has 0 N–H and O–H groups in total. The highest BCUT2D eigenvalue weighted by Crippen LogP contribution is 2.39. The molecule has 0 fully saturated rings. The second-order valence-corrected chi connectivity index (χ2v) is 5.68. The molecule has 0 heterocycles. The maximum Gasteiger partial charge on any atom is 0.419 e. The van der Waals surface area contributed by atoms with Gasteiger partial charge in [-0.2, -0.15) is 18.4 Å². The highest BCUT2D eigenvalue weighted by Gasteiger charge is 2.40. The van der Waals surface area contributed by atoms with E-state index in [9.17, 15) is 21.6 Å². The van der Waals surface area contributed by atoms with Crippen molar-refractivity contribution in [1.82, 2.24) is 0 Å². The first kappa shape index (κ1) is 13.8. The molecule has 0 atom stereocenters. The molecule has 0 amide bonds. The van der Waals surface area contributed by atoms with Crippen LogP contribution in [0.5, 0.6) is 0 Å². The number of rotatable bonds is 1. The topological polar surface area (TPSA) is 57.9 Å². The molecule has 17 heavy (non-hydrogen) atoms. The summed E-state index contributed by atoms with van der Waals surface area (Å²) in [5, 5.41) is 8.57. The van der Waals surface area contributed by atoms with E-state index in [0.717, 1.165) is 12.1 Å². The van der Waals surface area contributed by atoms with E-state index < -0.39 is 31.2 Å². The van der Waals surface area contributed by atoms with E-state index in [1.165, 1.54) is 13.0 Å². The van der Waals surface area contributed by atoms with E-state index in [-0.39, 0.29) is 5.56 Å². The molecule has 0 aliphatic heterocycles. The zero-order chi connectivity index (χ0) is 13.4. The normalized spacial score (nSPS) is 12.2. The molecule has 8 heteroatoms. The van der Waals surface area contributed by atoms with Crippen molar-refractivity contribution < 1.29 is 21.6 Å². The van der Waals surface area contributed by atoms with Gasteiger partial charge in [0.05, 0.1) is 22.1 Å². The van der Waals surface area contributed by atoms with Crippen LogP contribution in [0.4, 0.5) is 13.2 Å². The summed E-state index contributed by atoms with van der Waals surface area (Å²) in [6.45, 7) is 1.17. The summed E-state index contributed by atoms with van der Waals surface area (Å²) in [7, 11) is 0.388. The number of alkyl halides is 3. The van der Waals surface area contributed by atoms with Crippen LogP contribution >= 0.6 is 10.7 Å². The molecule has 3 nitrogen and oxygen atoms in total.